The Morgan fingerprint density at radius 3 is 2.35 bits per heavy atom. The van der Waals surface area contributed by atoms with E-state index in [9.17, 15) is 9.59 Å². The second kappa shape index (κ2) is 8.32. The fourth-order valence-electron chi connectivity index (χ4n) is 1.88. The summed E-state index contributed by atoms with van der Waals surface area (Å²) >= 11 is 0. The molecule has 20 heavy (non-hydrogen) atoms. The van der Waals surface area contributed by atoms with E-state index in [1.807, 2.05) is 0 Å². The molecule has 0 heterocycles. The molecule has 1 aromatic carbocycles. The molecule has 0 bridgehead atoms. The molecule has 1 unspecified atom stereocenters. The van der Waals surface area contributed by atoms with E-state index in [-0.39, 0.29) is 17.5 Å². The van der Waals surface area contributed by atoms with E-state index >= 15 is 0 Å². The fraction of sp³-hybridized carbons (Fsp3) is 0.467. The quantitative estimate of drug-likeness (QED) is 0.765. The number of ether oxygens (including phenoxy) is 1. The minimum absolute atomic E-state index is 0.0217. The lowest BCUT2D eigenvalue weighted by Crippen LogP contribution is -2.38. The molecule has 0 saturated heterocycles. The predicted molar refractivity (Wildman–Crippen MR) is 76.1 cm³/mol. The van der Waals surface area contributed by atoms with E-state index < -0.39 is 5.97 Å². The minimum atomic E-state index is -1.00. The molecule has 1 aromatic rings. The molecular formula is C15H21NO4. The van der Waals surface area contributed by atoms with Gasteiger partial charge < -0.3 is 15.2 Å². The molecule has 0 aliphatic carbocycles. The van der Waals surface area contributed by atoms with Crippen LogP contribution < -0.4 is 5.32 Å². The zero-order chi connectivity index (χ0) is 15.0. The Labute approximate surface area is 118 Å². The smallest absolute Gasteiger partial charge is 0.335 e. The van der Waals surface area contributed by atoms with Crippen LogP contribution in [0.3, 0.4) is 0 Å². The molecule has 0 spiro atoms. The van der Waals surface area contributed by atoms with Gasteiger partial charge in [-0.25, -0.2) is 4.79 Å². The molecular weight excluding hydrogens is 258 g/mol. The topological polar surface area (TPSA) is 75.6 Å². The van der Waals surface area contributed by atoms with Crippen molar-refractivity contribution in [3.05, 3.63) is 35.4 Å². The van der Waals surface area contributed by atoms with Crippen LogP contribution in [-0.2, 0) is 4.74 Å². The molecule has 5 nitrogen and oxygen atoms in total. The van der Waals surface area contributed by atoms with E-state index in [4.69, 9.17) is 9.84 Å². The van der Waals surface area contributed by atoms with Gasteiger partial charge in [0.05, 0.1) is 18.2 Å². The molecule has 0 aliphatic rings. The molecule has 0 radical (unpaired) electrons. The Kier molecular flexibility index (Phi) is 6.73. The first kappa shape index (κ1) is 16.2. The van der Waals surface area contributed by atoms with Crippen LogP contribution in [0.25, 0.3) is 0 Å². The van der Waals surface area contributed by atoms with Crippen molar-refractivity contribution in [2.24, 2.45) is 0 Å². The molecule has 5 heteroatoms. The number of unbranched alkanes of at least 4 members (excludes halogenated alkanes) is 1. The third-order valence-electron chi connectivity index (χ3n) is 3.00. The monoisotopic (exact) mass is 279 g/mol. The van der Waals surface area contributed by atoms with Gasteiger partial charge in [-0.15, -0.1) is 0 Å². The summed E-state index contributed by atoms with van der Waals surface area (Å²) in [5, 5.41) is 11.7. The van der Waals surface area contributed by atoms with Crippen molar-refractivity contribution >= 4 is 11.9 Å². The maximum absolute atomic E-state index is 12.1. The van der Waals surface area contributed by atoms with Gasteiger partial charge in [-0.3, -0.25) is 4.79 Å². The molecule has 0 saturated carbocycles. The Bertz CT molecular complexity index is 442. The highest BCUT2D eigenvalue weighted by molar-refractivity contribution is 5.96. The van der Waals surface area contributed by atoms with Crippen molar-refractivity contribution < 1.29 is 19.4 Å². The van der Waals surface area contributed by atoms with Gasteiger partial charge >= 0.3 is 5.97 Å². The molecule has 1 rings (SSSR count). The number of carboxylic acid groups (broad SMARTS) is 1. The normalized spacial score (nSPS) is 11.9. The number of amides is 1. The van der Waals surface area contributed by atoms with E-state index in [1.165, 1.54) is 24.3 Å². The van der Waals surface area contributed by atoms with Gasteiger partial charge in [0, 0.05) is 12.7 Å². The summed E-state index contributed by atoms with van der Waals surface area (Å²) in [5.41, 5.74) is 0.619. The summed E-state index contributed by atoms with van der Waals surface area (Å²) in [5.74, 6) is -1.21. The number of hydrogen-bond donors (Lipinski definition) is 2. The van der Waals surface area contributed by atoms with Gasteiger partial charge in [-0.2, -0.15) is 0 Å². The zero-order valence-electron chi connectivity index (χ0n) is 11.9. The number of carbonyl (C=O) groups excluding carboxylic acids is 1. The van der Waals surface area contributed by atoms with Crippen LogP contribution >= 0.6 is 0 Å². The van der Waals surface area contributed by atoms with E-state index in [1.54, 1.807) is 7.11 Å². The summed E-state index contributed by atoms with van der Waals surface area (Å²) in [6.45, 7) is 2.56. The van der Waals surface area contributed by atoms with Gasteiger partial charge in [-0.1, -0.05) is 19.8 Å². The number of benzene rings is 1. The Hall–Kier alpha value is -1.88. The van der Waals surface area contributed by atoms with Crippen molar-refractivity contribution in [3.8, 4) is 0 Å². The number of carbonyl (C=O) groups is 2. The third kappa shape index (κ3) is 5.01. The summed E-state index contributed by atoms with van der Waals surface area (Å²) in [4.78, 5) is 22.8. The molecule has 1 atom stereocenters. The standard InChI is InChI=1S/C15H21NO4/c1-3-4-5-13(10-20-2)16-14(17)11-6-8-12(9-7-11)15(18)19/h6-9,13H,3-5,10H2,1-2H3,(H,16,17)(H,18,19). The Morgan fingerprint density at radius 2 is 1.85 bits per heavy atom. The van der Waals surface area contributed by atoms with Crippen LogP contribution in [0.1, 0.15) is 46.9 Å². The summed E-state index contributed by atoms with van der Waals surface area (Å²) in [7, 11) is 1.60. The Balaban J connectivity index is 2.65. The van der Waals surface area contributed by atoms with Crippen molar-refractivity contribution in [2.75, 3.05) is 13.7 Å². The second-order valence-corrected chi connectivity index (χ2v) is 4.65. The predicted octanol–water partition coefficient (Wildman–Crippen LogP) is 2.32. The van der Waals surface area contributed by atoms with Crippen LogP contribution in [0.5, 0.6) is 0 Å². The van der Waals surface area contributed by atoms with Crippen molar-refractivity contribution in [2.45, 2.75) is 32.2 Å². The maximum Gasteiger partial charge on any atom is 0.335 e. The van der Waals surface area contributed by atoms with E-state index in [0.717, 1.165) is 19.3 Å². The molecule has 0 aromatic heterocycles. The highest BCUT2D eigenvalue weighted by Gasteiger charge is 2.13. The molecule has 0 fully saturated rings. The first-order valence-electron chi connectivity index (χ1n) is 6.71. The summed E-state index contributed by atoms with van der Waals surface area (Å²) < 4.78 is 5.10. The fourth-order valence-corrected chi connectivity index (χ4v) is 1.88. The largest absolute Gasteiger partial charge is 0.478 e. The first-order valence-corrected chi connectivity index (χ1v) is 6.71. The van der Waals surface area contributed by atoms with Crippen LogP contribution in [0.15, 0.2) is 24.3 Å². The number of nitrogens with one attached hydrogen (secondary N) is 1. The molecule has 110 valence electrons. The first-order chi connectivity index (χ1) is 9.58. The number of rotatable bonds is 8. The van der Waals surface area contributed by atoms with Crippen molar-refractivity contribution in [1.82, 2.24) is 5.32 Å². The van der Waals surface area contributed by atoms with Crippen molar-refractivity contribution in [1.29, 1.82) is 0 Å². The highest BCUT2D eigenvalue weighted by atomic mass is 16.5. The minimum Gasteiger partial charge on any atom is -0.478 e. The average Bonchev–Trinajstić information content (AvgIpc) is 2.45. The number of carboxylic acids is 1. The lowest BCUT2D eigenvalue weighted by atomic mass is 10.1. The number of aromatic carboxylic acids is 1. The van der Waals surface area contributed by atoms with Crippen molar-refractivity contribution in [3.63, 3.8) is 0 Å². The number of methoxy groups -OCH3 is 1. The average molecular weight is 279 g/mol. The van der Waals surface area contributed by atoms with Gasteiger partial charge in [-0.05, 0) is 30.7 Å². The lowest BCUT2D eigenvalue weighted by Gasteiger charge is -2.17. The van der Waals surface area contributed by atoms with Gasteiger partial charge in [0.2, 0.25) is 0 Å². The van der Waals surface area contributed by atoms with Crippen LogP contribution in [0, 0.1) is 0 Å². The number of hydrogen-bond acceptors (Lipinski definition) is 3. The van der Waals surface area contributed by atoms with Gasteiger partial charge in [0.1, 0.15) is 0 Å². The molecule has 2 N–H and O–H groups in total. The van der Waals surface area contributed by atoms with Crippen LogP contribution in [0.2, 0.25) is 0 Å². The molecule has 0 aliphatic heterocycles. The van der Waals surface area contributed by atoms with E-state index in [2.05, 4.69) is 12.2 Å². The van der Waals surface area contributed by atoms with Crippen LogP contribution in [-0.4, -0.2) is 36.7 Å². The summed E-state index contributed by atoms with van der Waals surface area (Å²) in [6.07, 6.45) is 2.94. The van der Waals surface area contributed by atoms with E-state index in [0.29, 0.717) is 12.2 Å². The zero-order valence-corrected chi connectivity index (χ0v) is 11.9. The lowest BCUT2D eigenvalue weighted by molar-refractivity contribution is 0.0696. The summed E-state index contributed by atoms with van der Waals surface area (Å²) in [6, 6.07) is 5.86. The second-order valence-electron chi connectivity index (χ2n) is 4.65. The molecule has 1 amide bonds. The maximum atomic E-state index is 12.1. The third-order valence-corrected chi connectivity index (χ3v) is 3.00. The Morgan fingerprint density at radius 1 is 1.25 bits per heavy atom. The SMILES string of the molecule is CCCCC(COC)NC(=O)c1ccc(C(=O)O)cc1. The van der Waals surface area contributed by atoms with Crippen LogP contribution in [0.4, 0.5) is 0 Å². The van der Waals surface area contributed by atoms with Gasteiger partial charge in [0.25, 0.3) is 5.91 Å². The highest BCUT2D eigenvalue weighted by Crippen LogP contribution is 2.07. The van der Waals surface area contributed by atoms with Gasteiger partial charge in [0.15, 0.2) is 0 Å².